The molecular formula is C21H24N4O4. The molecule has 2 saturated heterocycles. The lowest BCUT2D eigenvalue weighted by molar-refractivity contribution is -0.136. The van der Waals surface area contributed by atoms with Crippen LogP contribution in [0.25, 0.3) is 0 Å². The highest BCUT2D eigenvalue weighted by Gasteiger charge is 2.49. The number of nitrogens with two attached hydrogens (primary N) is 1. The van der Waals surface area contributed by atoms with Crippen molar-refractivity contribution in [1.29, 1.82) is 0 Å². The fourth-order valence-corrected chi connectivity index (χ4v) is 5.25. The van der Waals surface area contributed by atoms with Crippen LogP contribution in [0, 0.1) is 5.41 Å². The van der Waals surface area contributed by atoms with E-state index in [0.717, 1.165) is 23.6 Å². The van der Waals surface area contributed by atoms with Crippen LogP contribution in [0.1, 0.15) is 58.4 Å². The van der Waals surface area contributed by atoms with E-state index in [1.54, 1.807) is 12.1 Å². The minimum atomic E-state index is -0.932. The van der Waals surface area contributed by atoms with Crippen LogP contribution in [0.4, 0.5) is 0 Å². The standard InChI is InChI=1S/C21H24N4O4/c22-16-10-24(11-21(16)6-1-7-21)9-12-2-3-13-14(8-12)20(29)25(19(13)28)15-4-5-17(26)23-18(15)27/h2-3,8,15-16H,1,4-7,9-11,22H2,(H,23,26,27). The van der Waals surface area contributed by atoms with Crippen LogP contribution in [0.5, 0.6) is 0 Å². The number of benzene rings is 1. The van der Waals surface area contributed by atoms with Crippen molar-refractivity contribution >= 4 is 23.6 Å². The van der Waals surface area contributed by atoms with Crippen molar-refractivity contribution in [2.75, 3.05) is 13.1 Å². The molecular weight excluding hydrogens is 372 g/mol. The van der Waals surface area contributed by atoms with Crippen LogP contribution >= 0.6 is 0 Å². The van der Waals surface area contributed by atoms with Gasteiger partial charge in [0.05, 0.1) is 11.1 Å². The van der Waals surface area contributed by atoms with Crippen molar-refractivity contribution < 1.29 is 19.2 Å². The highest BCUT2D eigenvalue weighted by Crippen LogP contribution is 2.47. The Hall–Kier alpha value is -2.58. The van der Waals surface area contributed by atoms with Crippen molar-refractivity contribution in [1.82, 2.24) is 15.1 Å². The van der Waals surface area contributed by atoms with E-state index >= 15 is 0 Å². The predicted octanol–water partition coefficient (Wildman–Crippen LogP) is 0.401. The number of fused-ring (bicyclic) bond motifs is 1. The Balaban J connectivity index is 1.35. The molecule has 3 N–H and O–H groups in total. The summed E-state index contributed by atoms with van der Waals surface area (Å²) in [5.74, 6) is -1.90. The summed E-state index contributed by atoms with van der Waals surface area (Å²) < 4.78 is 0. The quantitative estimate of drug-likeness (QED) is 0.715. The van der Waals surface area contributed by atoms with E-state index in [1.807, 2.05) is 6.07 Å². The Bertz CT molecular complexity index is 939. The summed E-state index contributed by atoms with van der Waals surface area (Å²) in [6, 6.07) is 4.57. The maximum atomic E-state index is 12.9. The van der Waals surface area contributed by atoms with Gasteiger partial charge in [0.15, 0.2) is 0 Å². The van der Waals surface area contributed by atoms with Crippen molar-refractivity contribution in [3.8, 4) is 0 Å². The normalized spacial score (nSPS) is 28.7. The van der Waals surface area contributed by atoms with Gasteiger partial charge in [-0.05, 0) is 42.4 Å². The number of likely N-dealkylation sites (tertiary alicyclic amines) is 1. The molecule has 1 spiro atoms. The minimum absolute atomic E-state index is 0.117. The molecule has 8 heteroatoms. The lowest BCUT2D eigenvalue weighted by Crippen LogP contribution is -2.54. The molecule has 152 valence electrons. The molecule has 4 aliphatic rings. The summed E-state index contributed by atoms with van der Waals surface area (Å²) in [4.78, 5) is 52.6. The van der Waals surface area contributed by atoms with Gasteiger partial charge in [0.2, 0.25) is 11.8 Å². The maximum Gasteiger partial charge on any atom is 0.262 e. The zero-order valence-electron chi connectivity index (χ0n) is 16.1. The average molecular weight is 396 g/mol. The molecule has 0 radical (unpaired) electrons. The first-order valence-corrected chi connectivity index (χ1v) is 10.2. The number of hydrogen-bond acceptors (Lipinski definition) is 6. The molecule has 0 aromatic heterocycles. The molecule has 1 aliphatic carbocycles. The third kappa shape index (κ3) is 2.81. The molecule has 2 atom stereocenters. The van der Waals surface area contributed by atoms with Gasteiger partial charge in [0.25, 0.3) is 11.8 Å². The molecule has 3 fully saturated rings. The van der Waals surface area contributed by atoms with E-state index in [2.05, 4.69) is 10.2 Å². The number of carbonyl (C=O) groups excluding carboxylic acids is 4. The number of carbonyl (C=O) groups is 4. The Morgan fingerprint density at radius 1 is 1.10 bits per heavy atom. The lowest BCUT2D eigenvalue weighted by Gasteiger charge is -2.41. The third-order valence-corrected chi connectivity index (χ3v) is 7.04. The zero-order chi connectivity index (χ0) is 20.3. The van der Waals surface area contributed by atoms with Crippen LogP contribution in [0.3, 0.4) is 0 Å². The fraction of sp³-hybridized carbons (Fsp3) is 0.524. The number of amides is 4. The Kier molecular flexibility index (Phi) is 4.11. The van der Waals surface area contributed by atoms with Crippen LogP contribution in [-0.4, -0.2) is 58.6 Å². The summed E-state index contributed by atoms with van der Waals surface area (Å²) in [6.07, 6.45) is 3.89. The average Bonchev–Trinajstić information content (AvgIpc) is 3.10. The van der Waals surface area contributed by atoms with Crippen LogP contribution in [0.2, 0.25) is 0 Å². The summed E-state index contributed by atoms with van der Waals surface area (Å²) >= 11 is 0. The van der Waals surface area contributed by atoms with E-state index in [0.29, 0.717) is 17.7 Å². The van der Waals surface area contributed by atoms with E-state index in [9.17, 15) is 19.2 Å². The number of hydrogen-bond donors (Lipinski definition) is 2. The first-order chi connectivity index (χ1) is 13.9. The van der Waals surface area contributed by atoms with E-state index in [-0.39, 0.29) is 30.2 Å². The predicted molar refractivity (Wildman–Crippen MR) is 103 cm³/mol. The number of nitrogens with one attached hydrogen (secondary N) is 1. The summed E-state index contributed by atoms with van der Waals surface area (Å²) in [5.41, 5.74) is 8.23. The second-order valence-corrected chi connectivity index (χ2v) is 8.82. The third-order valence-electron chi connectivity index (χ3n) is 7.04. The lowest BCUT2D eigenvalue weighted by atomic mass is 9.66. The molecule has 29 heavy (non-hydrogen) atoms. The van der Waals surface area contributed by atoms with Crippen molar-refractivity contribution in [2.45, 2.75) is 50.7 Å². The van der Waals surface area contributed by atoms with Crippen molar-refractivity contribution in [2.24, 2.45) is 11.1 Å². The molecule has 8 nitrogen and oxygen atoms in total. The van der Waals surface area contributed by atoms with Gasteiger partial charge in [0.1, 0.15) is 6.04 Å². The van der Waals surface area contributed by atoms with Gasteiger partial charge in [-0.1, -0.05) is 12.5 Å². The van der Waals surface area contributed by atoms with Gasteiger partial charge in [0, 0.05) is 32.1 Å². The Morgan fingerprint density at radius 2 is 1.86 bits per heavy atom. The number of piperidine rings is 1. The first-order valence-electron chi connectivity index (χ1n) is 10.2. The van der Waals surface area contributed by atoms with Crippen molar-refractivity contribution in [3.63, 3.8) is 0 Å². The number of rotatable bonds is 3. The van der Waals surface area contributed by atoms with E-state index in [1.165, 1.54) is 19.3 Å². The number of imide groups is 2. The van der Waals surface area contributed by atoms with Crippen LogP contribution in [0.15, 0.2) is 18.2 Å². The Labute approximate surface area is 168 Å². The monoisotopic (exact) mass is 396 g/mol. The smallest absolute Gasteiger partial charge is 0.262 e. The molecule has 1 saturated carbocycles. The van der Waals surface area contributed by atoms with Gasteiger partial charge in [-0.3, -0.25) is 34.3 Å². The summed E-state index contributed by atoms with van der Waals surface area (Å²) in [7, 11) is 0. The highest BCUT2D eigenvalue weighted by atomic mass is 16.2. The largest absolute Gasteiger partial charge is 0.326 e. The minimum Gasteiger partial charge on any atom is -0.326 e. The maximum absolute atomic E-state index is 12.9. The molecule has 4 amide bonds. The molecule has 0 bridgehead atoms. The Morgan fingerprint density at radius 3 is 2.52 bits per heavy atom. The SMILES string of the molecule is NC1CN(Cc2ccc3c(c2)C(=O)N(C2CCC(=O)NC2=O)C3=O)CC12CCC2. The first kappa shape index (κ1) is 18.4. The highest BCUT2D eigenvalue weighted by molar-refractivity contribution is 6.23. The van der Waals surface area contributed by atoms with E-state index in [4.69, 9.17) is 5.73 Å². The molecule has 3 aliphatic heterocycles. The van der Waals surface area contributed by atoms with Gasteiger partial charge in [-0.25, -0.2) is 0 Å². The molecule has 3 heterocycles. The number of nitrogens with zero attached hydrogens (tertiary/aromatic N) is 2. The van der Waals surface area contributed by atoms with Crippen LogP contribution in [-0.2, 0) is 16.1 Å². The molecule has 5 rings (SSSR count). The second kappa shape index (κ2) is 6.47. The zero-order valence-corrected chi connectivity index (χ0v) is 16.1. The van der Waals surface area contributed by atoms with Gasteiger partial charge < -0.3 is 5.73 Å². The summed E-state index contributed by atoms with van der Waals surface area (Å²) in [6.45, 7) is 2.50. The van der Waals surface area contributed by atoms with Crippen molar-refractivity contribution in [3.05, 3.63) is 34.9 Å². The molecule has 1 aromatic rings. The van der Waals surface area contributed by atoms with E-state index < -0.39 is 23.8 Å². The van der Waals surface area contributed by atoms with Gasteiger partial charge in [-0.15, -0.1) is 0 Å². The van der Waals surface area contributed by atoms with Gasteiger partial charge >= 0.3 is 0 Å². The van der Waals surface area contributed by atoms with Crippen LogP contribution < -0.4 is 11.1 Å². The van der Waals surface area contributed by atoms with Gasteiger partial charge in [-0.2, -0.15) is 0 Å². The summed E-state index contributed by atoms with van der Waals surface area (Å²) in [5, 5.41) is 2.21. The molecule has 2 unspecified atom stereocenters. The second-order valence-electron chi connectivity index (χ2n) is 8.82. The fourth-order valence-electron chi connectivity index (χ4n) is 5.25. The topological polar surface area (TPSA) is 113 Å². The molecule has 1 aromatic carbocycles.